The maximum absolute atomic E-state index is 5.57. The Morgan fingerprint density at radius 3 is 2.94 bits per heavy atom. The second kappa shape index (κ2) is 6.18. The molecule has 2 aromatic rings. The maximum atomic E-state index is 5.57. The van der Waals surface area contributed by atoms with Crippen LogP contribution >= 0.6 is 0 Å². The molecule has 0 saturated carbocycles. The lowest BCUT2D eigenvalue weighted by Crippen LogP contribution is -2.31. The minimum Gasteiger partial charge on any atom is -0.271 e. The summed E-state index contributed by atoms with van der Waals surface area (Å²) < 4.78 is 1.89. The average Bonchev–Trinajstić information content (AvgIpc) is 2.85. The fraction of sp³-hybridized carbons (Fsp3) is 0.455. The van der Waals surface area contributed by atoms with Gasteiger partial charge in [0, 0.05) is 25.4 Å². The fourth-order valence-corrected chi connectivity index (χ4v) is 1.77. The van der Waals surface area contributed by atoms with Crippen LogP contribution in [0.4, 0.5) is 0 Å². The van der Waals surface area contributed by atoms with Crippen molar-refractivity contribution in [3.63, 3.8) is 0 Å². The summed E-state index contributed by atoms with van der Waals surface area (Å²) in [5.41, 5.74) is 3.54. The number of aromatic nitrogens is 5. The highest BCUT2D eigenvalue weighted by molar-refractivity contribution is 5.05. The summed E-state index contributed by atoms with van der Waals surface area (Å²) in [6.07, 6.45) is 8.20. The topological polar surface area (TPSA) is 94.5 Å². The van der Waals surface area contributed by atoms with Gasteiger partial charge < -0.3 is 0 Å². The van der Waals surface area contributed by atoms with Gasteiger partial charge >= 0.3 is 0 Å². The molecule has 0 saturated heterocycles. The lowest BCUT2D eigenvalue weighted by Gasteiger charge is -2.14. The van der Waals surface area contributed by atoms with Crippen LogP contribution in [0.3, 0.4) is 0 Å². The lowest BCUT2D eigenvalue weighted by molar-refractivity contribution is 0.490. The predicted molar refractivity (Wildman–Crippen MR) is 66.1 cm³/mol. The number of aryl methyl sites for hydroxylation is 1. The van der Waals surface area contributed by atoms with Crippen LogP contribution in [0, 0.1) is 0 Å². The van der Waals surface area contributed by atoms with E-state index in [1.807, 2.05) is 4.68 Å². The van der Waals surface area contributed by atoms with E-state index in [1.165, 1.54) is 0 Å². The number of nitrogens with one attached hydrogen (secondary N) is 1. The summed E-state index contributed by atoms with van der Waals surface area (Å²) in [6.45, 7) is 2.96. The summed E-state index contributed by atoms with van der Waals surface area (Å²) in [6, 6.07) is -0.112. The molecule has 7 heteroatoms. The minimum atomic E-state index is -0.112. The average molecular weight is 247 g/mol. The van der Waals surface area contributed by atoms with Crippen LogP contribution in [0.1, 0.15) is 30.9 Å². The molecule has 0 amide bonds. The molecule has 96 valence electrons. The third-order valence-electron chi connectivity index (χ3n) is 2.66. The van der Waals surface area contributed by atoms with Gasteiger partial charge in [-0.1, -0.05) is 6.92 Å². The molecular formula is C11H17N7. The van der Waals surface area contributed by atoms with Crippen molar-refractivity contribution in [3.8, 4) is 0 Å². The van der Waals surface area contributed by atoms with Crippen molar-refractivity contribution in [3.05, 3.63) is 36.4 Å². The monoisotopic (exact) mass is 247 g/mol. The van der Waals surface area contributed by atoms with E-state index in [2.05, 4.69) is 32.4 Å². The van der Waals surface area contributed by atoms with Crippen molar-refractivity contribution in [1.82, 2.24) is 30.2 Å². The summed E-state index contributed by atoms with van der Waals surface area (Å²) in [7, 11) is 0. The van der Waals surface area contributed by atoms with Crippen LogP contribution in [-0.2, 0) is 13.0 Å². The predicted octanol–water partition coefficient (Wildman–Crippen LogP) is 0.225. The molecule has 7 nitrogen and oxygen atoms in total. The first-order chi connectivity index (χ1) is 8.85. The molecule has 0 aliphatic rings. The normalized spacial score (nSPS) is 12.6. The molecule has 3 N–H and O–H groups in total. The van der Waals surface area contributed by atoms with Crippen LogP contribution in [0.15, 0.2) is 24.9 Å². The number of hydrogen-bond acceptors (Lipinski definition) is 6. The number of hydrazine groups is 1. The standard InChI is InChI=1S/C11H17N7/c1-2-5-18-11(15-8-16-18)6-9(17-12)10-7-13-3-4-14-10/h3-4,7-9,17H,2,5-6,12H2,1H3. The summed E-state index contributed by atoms with van der Waals surface area (Å²) in [5, 5.41) is 4.19. The third-order valence-corrected chi connectivity index (χ3v) is 2.66. The molecule has 2 aromatic heterocycles. The Hall–Kier alpha value is -1.86. The number of rotatable bonds is 6. The van der Waals surface area contributed by atoms with Crippen LogP contribution in [-0.4, -0.2) is 24.7 Å². The summed E-state index contributed by atoms with van der Waals surface area (Å²) in [5.74, 6) is 6.46. The Balaban J connectivity index is 2.13. The van der Waals surface area contributed by atoms with Gasteiger partial charge in [-0.2, -0.15) is 5.10 Å². The molecule has 1 unspecified atom stereocenters. The van der Waals surface area contributed by atoms with Crippen LogP contribution in [0.2, 0.25) is 0 Å². The highest BCUT2D eigenvalue weighted by Crippen LogP contribution is 2.13. The number of nitrogens with two attached hydrogens (primary N) is 1. The molecular weight excluding hydrogens is 230 g/mol. The molecule has 0 aliphatic carbocycles. The largest absolute Gasteiger partial charge is 0.271 e. The summed E-state index contributed by atoms with van der Waals surface area (Å²) in [4.78, 5) is 12.5. The van der Waals surface area contributed by atoms with Crippen molar-refractivity contribution >= 4 is 0 Å². The van der Waals surface area contributed by atoms with Gasteiger partial charge in [0.1, 0.15) is 12.2 Å². The molecule has 18 heavy (non-hydrogen) atoms. The number of nitrogens with zero attached hydrogens (tertiary/aromatic N) is 5. The first-order valence-electron chi connectivity index (χ1n) is 5.93. The van der Waals surface area contributed by atoms with Gasteiger partial charge in [-0.15, -0.1) is 0 Å². The minimum absolute atomic E-state index is 0.112. The molecule has 1 atom stereocenters. The van der Waals surface area contributed by atoms with Crippen molar-refractivity contribution in [1.29, 1.82) is 0 Å². The van der Waals surface area contributed by atoms with E-state index < -0.39 is 0 Å². The van der Waals surface area contributed by atoms with Gasteiger partial charge in [0.25, 0.3) is 0 Å². The molecule has 2 heterocycles. The molecule has 0 bridgehead atoms. The molecule has 0 spiro atoms. The van der Waals surface area contributed by atoms with Gasteiger partial charge in [0.2, 0.25) is 0 Å². The van der Waals surface area contributed by atoms with E-state index in [0.29, 0.717) is 6.42 Å². The van der Waals surface area contributed by atoms with E-state index in [9.17, 15) is 0 Å². The molecule has 0 fully saturated rings. The smallest absolute Gasteiger partial charge is 0.138 e. The second-order valence-corrected chi connectivity index (χ2v) is 3.95. The first-order valence-corrected chi connectivity index (χ1v) is 5.93. The van der Waals surface area contributed by atoms with Crippen LogP contribution < -0.4 is 11.3 Å². The van der Waals surface area contributed by atoms with E-state index >= 15 is 0 Å². The Morgan fingerprint density at radius 1 is 1.39 bits per heavy atom. The Bertz CT molecular complexity index is 467. The molecule has 2 rings (SSSR count). The van der Waals surface area contributed by atoms with Crippen LogP contribution in [0.25, 0.3) is 0 Å². The van der Waals surface area contributed by atoms with E-state index in [0.717, 1.165) is 24.5 Å². The highest BCUT2D eigenvalue weighted by Gasteiger charge is 2.15. The van der Waals surface area contributed by atoms with Crippen molar-refractivity contribution in [2.45, 2.75) is 32.4 Å². The Labute approximate surface area is 105 Å². The zero-order valence-corrected chi connectivity index (χ0v) is 10.3. The van der Waals surface area contributed by atoms with Gasteiger partial charge in [-0.25, -0.2) is 4.98 Å². The van der Waals surface area contributed by atoms with Crippen molar-refractivity contribution in [2.75, 3.05) is 0 Å². The van der Waals surface area contributed by atoms with Crippen molar-refractivity contribution in [2.24, 2.45) is 5.84 Å². The van der Waals surface area contributed by atoms with E-state index in [1.54, 1.807) is 24.9 Å². The van der Waals surface area contributed by atoms with Gasteiger partial charge in [0.15, 0.2) is 0 Å². The first kappa shape index (κ1) is 12.6. The van der Waals surface area contributed by atoms with Gasteiger partial charge in [0.05, 0.1) is 17.9 Å². The maximum Gasteiger partial charge on any atom is 0.138 e. The quantitative estimate of drug-likeness (QED) is 0.560. The lowest BCUT2D eigenvalue weighted by atomic mass is 10.1. The zero-order chi connectivity index (χ0) is 12.8. The molecule has 0 aliphatic heterocycles. The van der Waals surface area contributed by atoms with Gasteiger partial charge in [-0.3, -0.25) is 25.9 Å². The third kappa shape index (κ3) is 2.88. The van der Waals surface area contributed by atoms with Gasteiger partial charge in [-0.05, 0) is 6.42 Å². The number of hydrogen-bond donors (Lipinski definition) is 2. The molecule has 0 radical (unpaired) electrons. The Kier molecular flexibility index (Phi) is 4.32. The van der Waals surface area contributed by atoms with E-state index in [4.69, 9.17) is 5.84 Å². The van der Waals surface area contributed by atoms with E-state index in [-0.39, 0.29) is 6.04 Å². The SMILES string of the molecule is CCCn1ncnc1CC(NN)c1cnccn1. The molecule has 0 aromatic carbocycles. The highest BCUT2D eigenvalue weighted by atomic mass is 15.3. The fourth-order valence-electron chi connectivity index (χ4n) is 1.77. The zero-order valence-electron chi connectivity index (χ0n) is 10.3. The second-order valence-electron chi connectivity index (χ2n) is 3.95. The summed E-state index contributed by atoms with van der Waals surface area (Å²) >= 11 is 0. The van der Waals surface area contributed by atoms with Crippen LogP contribution in [0.5, 0.6) is 0 Å². The van der Waals surface area contributed by atoms with Crippen molar-refractivity contribution < 1.29 is 0 Å². The Morgan fingerprint density at radius 2 is 2.28 bits per heavy atom.